The fourth-order valence-electron chi connectivity index (χ4n) is 3.07. The second-order valence-corrected chi connectivity index (χ2v) is 8.07. The molecule has 3 heterocycles. The zero-order valence-corrected chi connectivity index (χ0v) is 17.9. The van der Waals surface area contributed by atoms with Gasteiger partial charge in [0.1, 0.15) is 0 Å². The molecule has 23 heavy (non-hydrogen) atoms. The molecule has 1 unspecified atom stereocenters. The van der Waals surface area contributed by atoms with E-state index in [9.17, 15) is 0 Å². The summed E-state index contributed by atoms with van der Waals surface area (Å²) in [6.45, 7) is 6.32. The molecule has 1 radical (unpaired) electrons. The molecule has 0 bridgehead atoms. The van der Waals surface area contributed by atoms with E-state index >= 15 is 0 Å². The summed E-state index contributed by atoms with van der Waals surface area (Å²) in [5.74, 6) is 2.37. The van der Waals surface area contributed by atoms with Crippen LogP contribution in [0.25, 0.3) is 0 Å². The minimum absolute atomic E-state index is 0. The summed E-state index contributed by atoms with van der Waals surface area (Å²) in [6, 6.07) is 0. The van der Waals surface area contributed by atoms with Gasteiger partial charge in [-0.05, 0) is 52.9 Å². The molecule has 0 saturated carbocycles. The summed E-state index contributed by atoms with van der Waals surface area (Å²) in [5, 5.41) is 3.34. The van der Waals surface area contributed by atoms with Gasteiger partial charge in [-0.2, -0.15) is 15.0 Å². The zero-order chi connectivity index (χ0) is 15.4. The van der Waals surface area contributed by atoms with Crippen molar-refractivity contribution in [2.45, 2.75) is 38.5 Å². The molecule has 1 aromatic heterocycles. The topological polar surface area (TPSA) is 57.2 Å². The number of nitrogens with zero attached hydrogens (tertiary/aromatic N) is 5. The van der Waals surface area contributed by atoms with Crippen molar-refractivity contribution in [3.8, 4) is 0 Å². The average molecular weight is 411 g/mol. The van der Waals surface area contributed by atoms with Crippen LogP contribution in [-0.2, 0) is 32.7 Å². The smallest absolute Gasteiger partial charge is 0.232 e. The van der Waals surface area contributed by atoms with Crippen LogP contribution < -0.4 is 14.9 Å². The Morgan fingerprint density at radius 1 is 0.826 bits per heavy atom. The number of hydrogen-bond acceptors (Lipinski definition) is 6. The summed E-state index contributed by atoms with van der Waals surface area (Å²) < 4.78 is 0. The number of hydrogen-bond donors (Lipinski definition) is 1. The van der Waals surface area contributed by atoms with E-state index in [0.717, 1.165) is 38.1 Å². The third-order valence-electron chi connectivity index (χ3n) is 4.21. The first-order valence-electron chi connectivity index (χ1n) is 8.41. The zero-order valence-electron chi connectivity index (χ0n) is 14.1. The van der Waals surface area contributed by atoms with Gasteiger partial charge in [0.25, 0.3) is 0 Å². The van der Waals surface area contributed by atoms with Crippen LogP contribution in [-0.4, -0.2) is 54.1 Å². The van der Waals surface area contributed by atoms with Gasteiger partial charge in [-0.25, -0.2) is 0 Å². The minimum atomic E-state index is -0.870. The van der Waals surface area contributed by atoms with Gasteiger partial charge in [-0.1, -0.05) is 6.30 Å². The first kappa shape index (κ1) is 19.1. The number of anilines is 3. The van der Waals surface area contributed by atoms with Crippen molar-refractivity contribution >= 4 is 31.8 Å². The van der Waals surface area contributed by atoms with Crippen molar-refractivity contribution < 1.29 is 32.7 Å². The van der Waals surface area contributed by atoms with E-state index in [0.29, 0.717) is 5.95 Å². The molecule has 1 atom stereocenters. The summed E-state index contributed by atoms with van der Waals surface area (Å²) >= 11 is 0. The summed E-state index contributed by atoms with van der Waals surface area (Å²) in [4.78, 5) is 18.7. The molecule has 125 valence electrons. The van der Waals surface area contributed by atoms with Gasteiger partial charge in [-0.15, -0.1) is 0 Å². The summed E-state index contributed by atoms with van der Waals surface area (Å²) in [6.07, 6.45) is 11.6. The van der Waals surface area contributed by atoms with Gasteiger partial charge in [-0.3, -0.25) is 0 Å². The second-order valence-electron chi connectivity index (χ2n) is 6.26. The van der Waals surface area contributed by atoms with E-state index in [4.69, 9.17) is 4.98 Å². The van der Waals surface area contributed by atoms with Crippen LogP contribution in [0.3, 0.4) is 0 Å². The van der Waals surface area contributed by atoms with Crippen LogP contribution in [0.4, 0.5) is 17.8 Å². The molecule has 8 heteroatoms. The van der Waals surface area contributed by atoms with Crippen LogP contribution in [0, 0.1) is 0 Å². The Bertz CT molecular complexity index is 492. The van der Waals surface area contributed by atoms with Gasteiger partial charge in [0.05, 0.1) is 0 Å². The molecule has 6 nitrogen and oxygen atoms in total. The van der Waals surface area contributed by atoms with Gasteiger partial charge in [0.2, 0.25) is 17.8 Å². The predicted octanol–water partition coefficient (Wildman–Crippen LogP) is 2.45. The molecule has 1 N–H and O–H groups in total. The molecule has 2 aliphatic rings. The van der Waals surface area contributed by atoms with Crippen LogP contribution >= 0.6 is 7.70 Å². The first-order chi connectivity index (χ1) is 10.7. The SMILES string of the molecule is C=[PH](C)Nc1nc(N2CCCCC2)nc(N2CCCCC2)n1.[Y]. The maximum absolute atomic E-state index is 4.77. The van der Waals surface area contributed by atoms with Gasteiger partial charge in [0, 0.05) is 58.9 Å². The molecule has 0 spiro atoms. The van der Waals surface area contributed by atoms with Crippen LogP contribution in [0.1, 0.15) is 38.5 Å². The van der Waals surface area contributed by atoms with Gasteiger partial charge < -0.3 is 14.9 Å². The fraction of sp³-hybridized carbons (Fsp3) is 0.733. The Morgan fingerprint density at radius 2 is 1.26 bits per heavy atom. The molecule has 3 rings (SSSR count). The number of nitrogens with one attached hydrogen (secondary N) is 1. The van der Waals surface area contributed by atoms with E-state index in [1.807, 2.05) is 0 Å². The van der Waals surface area contributed by atoms with E-state index in [1.54, 1.807) is 0 Å². The second kappa shape index (κ2) is 9.34. The maximum Gasteiger partial charge on any atom is 0.232 e. The van der Waals surface area contributed by atoms with Crippen molar-refractivity contribution in [2.75, 3.05) is 47.7 Å². The summed E-state index contributed by atoms with van der Waals surface area (Å²) in [5.41, 5.74) is 0. The molecule has 2 fully saturated rings. The predicted molar refractivity (Wildman–Crippen MR) is 96.9 cm³/mol. The Balaban J connectivity index is 0.00000192. The van der Waals surface area contributed by atoms with E-state index in [2.05, 4.69) is 37.8 Å². The largest absolute Gasteiger partial charge is 0.341 e. The monoisotopic (exact) mass is 411 g/mol. The molecule has 1 aromatic rings. The van der Waals surface area contributed by atoms with Crippen LogP contribution in [0.5, 0.6) is 0 Å². The van der Waals surface area contributed by atoms with Gasteiger partial charge in [0.15, 0.2) is 0 Å². The number of aromatic nitrogens is 3. The molecular formula is C15H27N6PY. The van der Waals surface area contributed by atoms with Crippen molar-refractivity contribution in [3.63, 3.8) is 0 Å². The van der Waals surface area contributed by atoms with Crippen molar-refractivity contribution in [3.05, 3.63) is 0 Å². The van der Waals surface area contributed by atoms with Gasteiger partial charge >= 0.3 is 0 Å². The quantitative estimate of drug-likeness (QED) is 0.769. The maximum atomic E-state index is 4.77. The van der Waals surface area contributed by atoms with Crippen molar-refractivity contribution in [1.82, 2.24) is 15.0 Å². The minimum Gasteiger partial charge on any atom is -0.341 e. The molecule has 2 saturated heterocycles. The molecule has 0 aliphatic carbocycles. The normalized spacial score (nSPS) is 19.9. The third kappa shape index (κ3) is 5.40. The Morgan fingerprint density at radius 3 is 1.65 bits per heavy atom. The standard InChI is InChI=1S/C15H27N6P.Y/c1-22(2)19-13-16-14(20-9-5-3-6-10-20)18-15(17-13)21-11-7-4-8-12-21;/h22H,1,3-12H2,2H3,(H,16,17,18,19);. The molecule has 2 aliphatic heterocycles. The van der Waals surface area contributed by atoms with E-state index in [-0.39, 0.29) is 32.7 Å². The molecule has 0 aromatic carbocycles. The molecule has 0 amide bonds. The van der Waals surface area contributed by atoms with Crippen LogP contribution in [0.15, 0.2) is 0 Å². The van der Waals surface area contributed by atoms with E-state index in [1.165, 1.54) is 38.5 Å². The fourth-order valence-corrected chi connectivity index (χ4v) is 3.56. The van der Waals surface area contributed by atoms with Crippen molar-refractivity contribution in [1.29, 1.82) is 0 Å². The van der Waals surface area contributed by atoms with Crippen molar-refractivity contribution in [2.24, 2.45) is 0 Å². The Labute approximate surface area is 165 Å². The number of piperidine rings is 2. The first-order valence-corrected chi connectivity index (χ1v) is 10.6. The summed E-state index contributed by atoms with van der Waals surface area (Å²) in [7, 11) is -0.870. The van der Waals surface area contributed by atoms with Crippen LogP contribution in [0.2, 0.25) is 0 Å². The third-order valence-corrected chi connectivity index (χ3v) is 4.87. The molecular weight excluding hydrogens is 384 g/mol. The Kier molecular flexibility index (Phi) is 7.77. The average Bonchev–Trinajstić information content (AvgIpc) is 2.55. The number of rotatable bonds is 4. The van der Waals surface area contributed by atoms with E-state index < -0.39 is 7.70 Å². The Hall–Kier alpha value is -0.186.